The molecule has 0 saturated carbocycles. The number of imidazole rings is 1. The Hall–Kier alpha value is -3.93. The van der Waals surface area contributed by atoms with Gasteiger partial charge < -0.3 is 28.4 Å². The quantitative estimate of drug-likeness (QED) is 0.164. The number of halogens is 1. The maximum absolute atomic E-state index is 13.4. The number of hydrogen-bond donors (Lipinski definition) is 0. The molecule has 0 aromatic carbocycles. The number of nitrogens with zero attached hydrogens (tertiary/aromatic N) is 6. The molecule has 16 nitrogen and oxygen atoms in total. The van der Waals surface area contributed by atoms with Gasteiger partial charge in [0.1, 0.15) is 11.2 Å². The van der Waals surface area contributed by atoms with E-state index < -0.39 is 65.3 Å². The van der Waals surface area contributed by atoms with Gasteiger partial charge in [0.2, 0.25) is 5.28 Å². The van der Waals surface area contributed by atoms with Crippen LogP contribution in [0.1, 0.15) is 80.3 Å². The second-order valence-corrected chi connectivity index (χ2v) is 14.5. The van der Waals surface area contributed by atoms with E-state index in [4.69, 9.17) is 40.0 Å². The van der Waals surface area contributed by atoms with Crippen LogP contribution in [-0.2, 0) is 38.0 Å². The van der Waals surface area contributed by atoms with Crippen LogP contribution in [0.4, 0.5) is 15.4 Å². The first-order chi connectivity index (χ1) is 22.2. The van der Waals surface area contributed by atoms with Crippen molar-refractivity contribution in [3.63, 3.8) is 0 Å². The molecule has 0 N–H and O–H groups in total. The molecule has 18 heteroatoms. The fourth-order valence-corrected chi connectivity index (χ4v) is 5.54. The van der Waals surface area contributed by atoms with Gasteiger partial charge in [-0.25, -0.2) is 24.4 Å². The number of amides is 2. The molecular weight excluding hydrogens is 672 g/mol. The summed E-state index contributed by atoms with van der Waals surface area (Å²) in [7, 11) is 1.24. The number of carbonyl (C=O) groups is 4. The van der Waals surface area contributed by atoms with Crippen molar-refractivity contribution in [2.45, 2.75) is 98.1 Å². The van der Waals surface area contributed by atoms with Crippen LogP contribution in [0.25, 0.3) is 11.2 Å². The van der Waals surface area contributed by atoms with E-state index in [0.29, 0.717) is 10.6 Å². The van der Waals surface area contributed by atoms with Gasteiger partial charge in [-0.05, 0) is 53.1 Å². The van der Waals surface area contributed by atoms with E-state index in [0.717, 1.165) is 0 Å². The van der Waals surface area contributed by atoms with Gasteiger partial charge in [0.15, 0.2) is 35.4 Å². The van der Waals surface area contributed by atoms with Crippen molar-refractivity contribution in [2.75, 3.05) is 18.6 Å². The first-order valence-corrected chi connectivity index (χ1v) is 16.1. The van der Waals surface area contributed by atoms with E-state index in [2.05, 4.69) is 19.9 Å². The zero-order chi connectivity index (χ0) is 35.8. The van der Waals surface area contributed by atoms with Gasteiger partial charge in [0.05, 0.1) is 37.4 Å². The molecule has 48 heavy (non-hydrogen) atoms. The fourth-order valence-electron chi connectivity index (χ4n) is 4.82. The van der Waals surface area contributed by atoms with Crippen LogP contribution >= 0.6 is 22.9 Å². The van der Waals surface area contributed by atoms with Crippen molar-refractivity contribution in [2.24, 2.45) is 5.41 Å². The second-order valence-electron chi connectivity index (χ2n) is 13.5. The number of fused-ring (bicyclic) bond motifs is 1. The normalized spacial score (nSPS) is 19.9. The van der Waals surface area contributed by atoms with Crippen LogP contribution < -0.4 is 4.90 Å². The number of hydrogen-bond acceptors (Lipinski definition) is 15. The smallest absolute Gasteiger partial charge is 0.425 e. The summed E-state index contributed by atoms with van der Waals surface area (Å²) in [6, 6.07) is 0. The van der Waals surface area contributed by atoms with E-state index in [-0.39, 0.29) is 28.9 Å². The number of anilines is 1. The van der Waals surface area contributed by atoms with E-state index in [1.54, 1.807) is 52.4 Å². The molecule has 1 aliphatic heterocycles. The highest BCUT2D eigenvalue weighted by Crippen LogP contribution is 2.47. The Morgan fingerprint density at radius 2 is 1.69 bits per heavy atom. The molecule has 2 amide bonds. The lowest BCUT2D eigenvalue weighted by atomic mass is 9.82. The fraction of sp³-hybridized carbons (Fsp3) is 0.600. The minimum atomic E-state index is -1.12. The molecule has 3 aromatic heterocycles. The Bertz CT molecular complexity index is 1640. The number of thiazole rings is 1. The molecule has 1 saturated heterocycles. The zero-order valence-corrected chi connectivity index (χ0v) is 29.9. The summed E-state index contributed by atoms with van der Waals surface area (Å²) in [5, 5.41) is 1.32. The molecule has 1 unspecified atom stereocenters. The van der Waals surface area contributed by atoms with E-state index in [1.807, 2.05) is 13.8 Å². The highest BCUT2D eigenvalue weighted by Gasteiger charge is 2.54. The average Bonchev–Trinajstić information content (AvgIpc) is 3.66. The topological polar surface area (TPSA) is 183 Å². The molecule has 262 valence electrons. The third kappa shape index (κ3) is 8.19. The second kappa shape index (κ2) is 13.9. The highest BCUT2D eigenvalue weighted by atomic mass is 35.5. The number of imide groups is 1. The summed E-state index contributed by atoms with van der Waals surface area (Å²) in [5.41, 5.74) is -0.948. The van der Waals surface area contributed by atoms with Crippen LogP contribution in [-0.4, -0.2) is 85.8 Å². The summed E-state index contributed by atoms with van der Waals surface area (Å²) in [6.07, 6.45) is -4.73. The predicted octanol–water partition coefficient (Wildman–Crippen LogP) is 5.40. The third-order valence-corrected chi connectivity index (χ3v) is 7.76. The monoisotopic (exact) mass is 710 g/mol. The molecule has 3 aromatic rings. The summed E-state index contributed by atoms with van der Waals surface area (Å²) in [5.74, 6) is -1.54. The van der Waals surface area contributed by atoms with Gasteiger partial charge in [0, 0.05) is 17.7 Å². The van der Waals surface area contributed by atoms with Crippen molar-refractivity contribution in [3.05, 3.63) is 28.2 Å². The average molecular weight is 711 g/mol. The Labute approximate surface area is 286 Å². The van der Waals surface area contributed by atoms with Crippen LogP contribution in [0.15, 0.2) is 17.2 Å². The zero-order valence-electron chi connectivity index (χ0n) is 28.3. The molecule has 0 radical (unpaired) electrons. The summed E-state index contributed by atoms with van der Waals surface area (Å²) >= 11 is 7.66. The van der Waals surface area contributed by atoms with Gasteiger partial charge in [-0.1, -0.05) is 13.8 Å². The molecule has 0 bridgehead atoms. The first-order valence-electron chi connectivity index (χ1n) is 14.8. The van der Waals surface area contributed by atoms with Crippen molar-refractivity contribution >= 4 is 64.0 Å². The Morgan fingerprint density at radius 3 is 2.21 bits per heavy atom. The minimum Gasteiger partial charge on any atom is -0.467 e. The van der Waals surface area contributed by atoms with Crippen LogP contribution in [0.2, 0.25) is 5.28 Å². The highest BCUT2D eigenvalue weighted by molar-refractivity contribution is 7.07. The van der Waals surface area contributed by atoms with Crippen molar-refractivity contribution in [1.29, 1.82) is 0 Å². The number of rotatable bonds is 8. The Balaban J connectivity index is 1.77. The van der Waals surface area contributed by atoms with Gasteiger partial charge >= 0.3 is 24.1 Å². The minimum absolute atomic E-state index is 0.0342. The SMILES string of the molecule is COC(=O)C(OC[C@H]1O[C@@H](n2cnc3c(N(C(=O)OC(C)(C)C)C(=O)OC(C)(C)C)nc(Cl)nc32)[C@H](OC(C)=O)C1(C)C)c1cscn1. The number of aromatic nitrogens is 5. The Morgan fingerprint density at radius 1 is 1.06 bits per heavy atom. The van der Waals surface area contributed by atoms with E-state index in [1.165, 1.54) is 36.3 Å². The van der Waals surface area contributed by atoms with E-state index >= 15 is 0 Å². The van der Waals surface area contributed by atoms with Crippen molar-refractivity contribution < 1.29 is 47.6 Å². The maximum Gasteiger partial charge on any atom is 0.425 e. The predicted molar refractivity (Wildman–Crippen MR) is 171 cm³/mol. The largest absolute Gasteiger partial charge is 0.467 e. The first kappa shape index (κ1) is 36.9. The van der Waals surface area contributed by atoms with E-state index in [9.17, 15) is 19.2 Å². The lowest BCUT2D eigenvalue weighted by Gasteiger charge is -2.31. The Kier molecular flexibility index (Phi) is 10.7. The molecule has 4 rings (SSSR count). The molecule has 4 heterocycles. The molecule has 1 fully saturated rings. The van der Waals surface area contributed by atoms with Crippen molar-refractivity contribution in [1.82, 2.24) is 24.5 Å². The maximum atomic E-state index is 13.4. The van der Waals surface area contributed by atoms with Crippen LogP contribution in [0.3, 0.4) is 0 Å². The number of carbonyl (C=O) groups excluding carboxylic acids is 4. The summed E-state index contributed by atoms with van der Waals surface area (Å²) in [4.78, 5) is 69.4. The van der Waals surface area contributed by atoms with Gasteiger partial charge in [-0.2, -0.15) is 14.9 Å². The standard InChI is InChI=1S/C30H39ClN6O10S/c1-15(38)44-20-23(45-17(30(20,8)9)11-43-19(24(39)42-10)16-12-48-14-33-16)36-13-32-18-21(36)34-25(31)35-22(18)37(26(40)46-28(2,3)4)27(41)47-29(5,6)7/h12-14,17,19-20,23H,11H2,1-10H3/t17-,19?,20+,23-/m1/s1. The molecule has 4 atom stereocenters. The summed E-state index contributed by atoms with van der Waals surface area (Å²) < 4.78 is 35.6. The van der Waals surface area contributed by atoms with Crippen LogP contribution in [0.5, 0.6) is 0 Å². The lowest BCUT2D eigenvalue weighted by molar-refractivity contribution is -0.159. The molecule has 0 spiro atoms. The van der Waals surface area contributed by atoms with Crippen molar-refractivity contribution in [3.8, 4) is 0 Å². The lowest BCUT2D eigenvalue weighted by Crippen LogP contribution is -2.44. The van der Waals surface area contributed by atoms with Gasteiger partial charge in [-0.3, -0.25) is 9.36 Å². The number of esters is 2. The van der Waals surface area contributed by atoms with Crippen LogP contribution in [0, 0.1) is 5.41 Å². The number of ether oxygens (including phenoxy) is 6. The van der Waals surface area contributed by atoms with Gasteiger partial charge in [0.25, 0.3) is 0 Å². The molecule has 1 aliphatic rings. The number of methoxy groups -OCH3 is 1. The van der Waals surface area contributed by atoms with Gasteiger partial charge in [-0.15, -0.1) is 11.3 Å². The third-order valence-electron chi connectivity index (χ3n) is 6.98. The summed E-state index contributed by atoms with van der Waals surface area (Å²) in [6.45, 7) is 14.5. The molecular formula is C30H39ClN6O10S. The molecule has 0 aliphatic carbocycles.